The number of para-hydroxylation sites is 3. The van der Waals surface area contributed by atoms with Gasteiger partial charge in [-0.15, -0.1) is 0 Å². The fourth-order valence-corrected chi connectivity index (χ4v) is 1.79. The number of benzene rings is 3. The van der Waals surface area contributed by atoms with Gasteiger partial charge in [0.2, 0.25) is 0 Å². The zero-order valence-electron chi connectivity index (χ0n) is 14.9. The predicted molar refractivity (Wildman–Crippen MR) is 106 cm³/mol. The largest absolute Gasteiger partial charge is 0.507 e. The average Bonchev–Trinajstić information content (AvgIpc) is 2.70. The van der Waals surface area contributed by atoms with E-state index in [0.29, 0.717) is 16.7 Å². The summed E-state index contributed by atoms with van der Waals surface area (Å²) < 4.78 is 0. The average molecular weight is 508 g/mol. The quantitative estimate of drug-likeness (QED) is 0.372. The molecule has 6 nitrogen and oxygen atoms in total. The third kappa shape index (κ3) is 8.77. The van der Waals surface area contributed by atoms with Crippen molar-refractivity contribution in [2.75, 3.05) is 0 Å². The molecule has 0 atom stereocenters. The van der Waals surface area contributed by atoms with Gasteiger partial charge in [-0.05, 0) is 36.4 Å². The number of aromatic hydroxyl groups is 3. The molecule has 0 saturated heterocycles. The summed E-state index contributed by atoms with van der Waals surface area (Å²) in [6.45, 7) is 0. The van der Waals surface area contributed by atoms with Gasteiger partial charge in [-0.2, -0.15) is 0 Å². The summed E-state index contributed by atoms with van der Waals surface area (Å²) >= 11 is 0. The Bertz CT molecular complexity index is 778. The van der Waals surface area contributed by atoms with Gasteiger partial charge in [0.25, 0.3) is 0 Å². The summed E-state index contributed by atoms with van der Waals surface area (Å²) in [4.78, 5) is 25.3. The van der Waals surface area contributed by atoms with Crippen LogP contribution in [0.25, 0.3) is 0 Å². The molecule has 0 unspecified atom stereocenters. The second-order valence-corrected chi connectivity index (χ2v) is 5.06. The summed E-state index contributed by atoms with van der Waals surface area (Å²) in [5.74, 6) is 0.292. The van der Waals surface area contributed by atoms with Crippen LogP contribution in [0.1, 0.15) is 16.7 Å². The normalized spacial score (nSPS) is 8.57. The summed E-state index contributed by atoms with van der Waals surface area (Å²) in [7, 11) is 0. The van der Waals surface area contributed by atoms with Crippen LogP contribution in [-0.4, -0.2) is 48.6 Å². The summed E-state index contributed by atoms with van der Waals surface area (Å²) in [5.41, 5.74) is 1.33. The Hall–Kier alpha value is -2.74. The molecule has 3 aromatic carbocycles. The molecule has 0 bridgehead atoms. The molecule has 3 aromatic rings. The van der Waals surface area contributed by atoms with Crippen LogP contribution in [0, 0.1) is 35.6 Å². The maximum Gasteiger partial charge on any atom is 0.316 e. The van der Waals surface area contributed by atoms with Gasteiger partial charge in [0.15, 0.2) is 0 Å². The molecule has 3 rings (SSSR count). The van der Waals surface area contributed by atoms with Gasteiger partial charge < -0.3 is 15.3 Å². The van der Waals surface area contributed by atoms with Crippen LogP contribution in [0.4, 0.5) is 0 Å². The van der Waals surface area contributed by atoms with Gasteiger partial charge in [0, 0.05) is 35.6 Å². The van der Waals surface area contributed by atoms with Crippen LogP contribution in [0.5, 0.6) is 17.2 Å². The van der Waals surface area contributed by atoms with E-state index >= 15 is 0 Å². The number of hydrogen-bond acceptors (Lipinski definition) is 3. The van der Waals surface area contributed by atoms with Crippen molar-refractivity contribution in [1.82, 2.24) is 0 Å². The summed E-state index contributed by atoms with van der Waals surface area (Å²) in [6, 6.07) is 19.7. The second kappa shape index (κ2) is 14.3. The zero-order chi connectivity index (χ0) is 20.1. The first-order valence-corrected chi connectivity index (χ1v) is 7.79. The first kappa shape index (κ1) is 25.3. The molecule has 7 heteroatoms. The van der Waals surface area contributed by atoms with Crippen molar-refractivity contribution in [3.05, 3.63) is 89.5 Å². The standard InChI is InChI=1S/3C7H6O2.La/c3*8-5-6-3-1-2-4-7(6)9;/h3*1-5,9H;/p+3. The van der Waals surface area contributed by atoms with Gasteiger partial charge in [-0.3, -0.25) is 14.4 Å². The molecule has 141 valence electrons. The number of hydrogen-bond donors (Lipinski definition) is 3. The monoisotopic (exact) mass is 508 g/mol. The first-order chi connectivity index (χ1) is 13.0. The van der Waals surface area contributed by atoms with E-state index in [0.717, 1.165) is 18.9 Å². The third-order valence-electron chi connectivity index (χ3n) is 3.23. The molecule has 28 heavy (non-hydrogen) atoms. The maximum atomic E-state index is 8.92. The summed E-state index contributed by atoms with van der Waals surface area (Å²) in [5, 5.41) is 26.8. The number of aldehydes is 3. The molecule has 0 aliphatic rings. The van der Waals surface area contributed by atoms with E-state index in [2.05, 4.69) is 0 Å². The Morgan fingerprint density at radius 1 is 0.464 bits per heavy atom. The Kier molecular flexibility index (Phi) is 12.9. The molecule has 0 fully saturated rings. The number of phenolic OH excluding ortho intramolecular Hbond substituents is 3. The minimum atomic E-state index is 0. The minimum Gasteiger partial charge on any atom is -0.507 e. The van der Waals surface area contributed by atoms with Gasteiger partial charge >= 0.3 is 18.9 Å². The molecule has 0 aromatic heterocycles. The Morgan fingerprint density at radius 3 is 0.821 bits per heavy atom. The van der Waals surface area contributed by atoms with E-state index in [1.165, 1.54) is 18.2 Å². The summed E-state index contributed by atoms with van der Waals surface area (Å²) in [6.07, 6.45) is 2.61. The smallest absolute Gasteiger partial charge is 0.316 e. The van der Waals surface area contributed by atoms with Crippen LogP contribution in [0.15, 0.2) is 72.8 Å². The zero-order valence-corrected chi connectivity index (χ0v) is 18.5. The van der Waals surface area contributed by atoms with Crippen molar-refractivity contribution < 1.29 is 65.3 Å². The molecule has 0 heterocycles. The number of carbonyl (C=O) groups excluding carboxylic acids is 3. The van der Waals surface area contributed by atoms with Crippen molar-refractivity contribution in [2.24, 2.45) is 0 Å². The van der Waals surface area contributed by atoms with Crippen LogP contribution in [0.2, 0.25) is 0 Å². The number of rotatable bonds is 3. The second-order valence-electron chi connectivity index (χ2n) is 5.06. The van der Waals surface area contributed by atoms with Crippen molar-refractivity contribution >= 4 is 18.9 Å². The Labute approximate surface area is 190 Å². The van der Waals surface area contributed by atoms with Crippen LogP contribution in [0.3, 0.4) is 0 Å². The molecule has 0 spiro atoms. The molecule has 6 N–H and O–H groups in total. The fraction of sp³-hybridized carbons (Fsp3) is 0. The molecule has 0 aliphatic heterocycles. The van der Waals surface area contributed by atoms with E-state index in [-0.39, 0.29) is 52.8 Å². The van der Waals surface area contributed by atoms with E-state index in [1.807, 2.05) is 0 Å². The third-order valence-corrected chi connectivity index (χ3v) is 3.23. The Morgan fingerprint density at radius 2 is 0.679 bits per heavy atom. The van der Waals surface area contributed by atoms with Gasteiger partial charge in [0.1, 0.15) is 33.9 Å². The molecular weight excluding hydrogens is 487 g/mol. The molecule has 1 radical (unpaired) electrons. The van der Waals surface area contributed by atoms with Crippen molar-refractivity contribution in [3.63, 3.8) is 0 Å². The maximum absolute atomic E-state index is 8.92. The van der Waals surface area contributed by atoms with Gasteiger partial charge in [-0.25, -0.2) is 0 Å². The van der Waals surface area contributed by atoms with Crippen molar-refractivity contribution in [3.8, 4) is 17.2 Å². The van der Waals surface area contributed by atoms with Crippen LogP contribution >= 0.6 is 0 Å². The van der Waals surface area contributed by atoms with E-state index in [4.69, 9.17) is 29.7 Å². The number of phenols is 3. The van der Waals surface area contributed by atoms with Gasteiger partial charge in [-0.1, -0.05) is 36.4 Å². The molecule has 0 amide bonds. The SMILES string of the molecule is Oc1ccccc1C=[OH+].Oc1ccccc1C=[OH+].Oc1ccccc1C=[OH+].[La]. The van der Waals surface area contributed by atoms with E-state index < -0.39 is 0 Å². The molecule has 0 saturated carbocycles. The molecule has 0 aliphatic carbocycles. The minimum absolute atomic E-state index is 0. The predicted octanol–water partition coefficient (Wildman–Crippen LogP) is 2.74. The topological polar surface area (TPSA) is 125 Å². The molecular formula is C21H21LaO6+3. The van der Waals surface area contributed by atoms with Crippen LogP contribution < -0.4 is 0 Å². The van der Waals surface area contributed by atoms with Crippen molar-refractivity contribution in [2.45, 2.75) is 0 Å². The van der Waals surface area contributed by atoms with Crippen LogP contribution in [-0.2, 0) is 0 Å². The Balaban J connectivity index is 0.000000384. The van der Waals surface area contributed by atoms with Crippen molar-refractivity contribution in [1.29, 1.82) is 0 Å². The fourth-order valence-electron chi connectivity index (χ4n) is 1.79. The van der Waals surface area contributed by atoms with E-state index in [1.54, 1.807) is 54.6 Å². The van der Waals surface area contributed by atoms with Gasteiger partial charge in [0.05, 0.1) is 0 Å². The van der Waals surface area contributed by atoms with E-state index in [9.17, 15) is 0 Å². The first-order valence-electron chi connectivity index (χ1n) is 7.79.